The second-order valence-electron chi connectivity index (χ2n) is 6.27. The second kappa shape index (κ2) is 5.39. The van der Waals surface area contributed by atoms with E-state index in [1.807, 2.05) is 6.07 Å². The summed E-state index contributed by atoms with van der Waals surface area (Å²) in [5.41, 5.74) is 6.92. The molecule has 3 N–H and O–H groups in total. The van der Waals surface area contributed by atoms with Gasteiger partial charge in [-0.3, -0.25) is 9.78 Å². The molecule has 1 aliphatic carbocycles. The zero-order chi connectivity index (χ0) is 15.0. The van der Waals surface area contributed by atoms with Gasteiger partial charge < -0.3 is 10.6 Å². The Morgan fingerprint density at radius 2 is 2.19 bits per heavy atom. The predicted molar refractivity (Wildman–Crippen MR) is 86.6 cm³/mol. The van der Waals surface area contributed by atoms with Crippen LogP contribution in [0.15, 0.2) is 23.0 Å². The summed E-state index contributed by atoms with van der Waals surface area (Å²) in [6, 6.07) is 5.81. The minimum absolute atomic E-state index is 0.113. The number of rotatable bonds is 5. The first-order chi connectivity index (χ1) is 10.0. The van der Waals surface area contributed by atoms with Gasteiger partial charge in [0.15, 0.2) is 0 Å². The van der Waals surface area contributed by atoms with Gasteiger partial charge in [-0.05, 0) is 43.4 Å². The van der Waals surface area contributed by atoms with Gasteiger partial charge >= 0.3 is 0 Å². The van der Waals surface area contributed by atoms with Gasteiger partial charge in [-0.15, -0.1) is 0 Å². The highest BCUT2D eigenvalue weighted by Crippen LogP contribution is 2.30. The Morgan fingerprint density at radius 1 is 1.43 bits per heavy atom. The number of aromatic nitrogens is 2. The Morgan fingerprint density at radius 3 is 2.86 bits per heavy atom. The number of nitrogens with zero attached hydrogens (tertiary/aromatic N) is 2. The third kappa shape index (κ3) is 3.01. The average Bonchev–Trinajstić information content (AvgIpc) is 3.24. The third-order valence-corrected chi connectivity index (χ3v) is 3.92. The van der Waals surface area contributed by atoms with Gasteiger partial charge in [0.2, 0.25) is 5.95 Å². The Bertz CT molecular complexity index is 703. The molecule has 0 aliphatic heterocycles. The van der Waals surface area contributed by atoms with Gasteiger partial charge in [-0.25, -0.2) is 4.98 Å². The van der Waals surface area contributed by atoms with Gasteiger partial charge in [0, 0.05) is 18.3 Å². The van der Waals surface area contributed by atoms with E-state index in [0.29, 0.717) is 34.5 Å². The average molecular weight is 286 g/mol. The lowest BCUT2D eigenvalue weighted by atomic mass is 10.1. The standard InChI is InChI=1S/C16H22N4O/c1-10(2)7-8-20(12-4-5-12)16-18-14-6-3-11(17)9-13(14)15(21)19-16/h3,6,9-10,12H,4-5,7-8,17H2,1-2H3,(H,18,19,21). The molecule has 3 rings (SSSR count). The molecule has 1 fully saturated rings. The maximum atomic E-state index is 12.3. The largest absolute Gasteiger partial charge is 0.399 e. The molecule has 0 amide bonds. The van der Waals surface area contributed by atoms with Crippen molar-refractivity contribution >= 4 is 22.5 Å². The monoisotopic (exact) mass is 286 g/mol. The lowest BCUT2D eigenvalue weighted by molar-refractivity contribution is 0.566. The molecule has 5 heteroatoms. The van der Waals surface area contributed by atoms with E-state index in [9.17, 15) is 4.79 Å². The number of nitrogens with two attached hydrogens (primary N) is 1. The molecular weight excluding hydrogens is 264 g/mol. The Kier molecular flexibility index (Phi) is 3.57. The smallest absolute Gasteiger partial charge is 0.260 e. The van der Waals surface area contributed by atoms with Crippen molar-refractivity contribution in [2.45, 2.75) is 39.2 Å². The van der Waals surface area contributed by atoms with Crippen molar-refractivity contribution < 1.29 is 0 Å². The highest BCUT2D eigenvalue weighted by Gasteiger charge is 2.30. The van der Waals surface area contributed by atoms with Gasteiger partial charge in [-0.1, -0.05) is 13.8 Å². The summed E-state index contributed by atoms with van der Waals surface area (Å²) in [5, 5.41) is 0.554. The Hall–Kier alpha value is -2.04. The van der Waals surface area contributed by atoms with E-state index in [-0.39, 0.29) is 5.56 Å². The number of nitrogens with one attached hydrogen (secondary N) is 1. The Balaban J connectivity index is 1.98. The van der Waals surface area contributed by atoms with Crippen LogP contribution in [0.5, 0.6) is 0 Å². The molecule has 5 nitrogen and oxygen atoms in total. The molecule has 2 aromatic rings. The lowest BCUT2D eigenvalue weighted by Crippen LogP contribution is -2.31. The summed E-state index contributed by atoms with van der Waals surface area (Å²) in [7, 11) is 0. The van der Waals surface area contributed by atoms with Crippen LogP contribution in [0.1, 0.15) is 33.1 Å². The molecule has 0 saturated heterocycles. The fraction of sp³-hybridized carbons (Fsp3) is 0.500. The van der Waals surface area contributed by atoms with Crippen LogP contribution in [0.4, 0.5) is 11.6 Å². The minimum atomic E-state index is -0.113. The normalized spacial score (nSPS) is 14.8. The first kappa shape index (κ1) is 13.9. The van der Waals surface area contributed by atoms with Crippen LogP contribution in [0.3, 0.4) is 0 Å². The van der Waals surface area contributed by atoms with Crippen molar-refractivity contribution in [1.82, 2.24) is 9.97 Å². The zero-order valence-electron chi connectivity index (χ0n) is 12.6. The van der Waals surface area contributed by atoms with Crippen LogP contribution in [0.2, 0.25) is 0 Å². The third-order valence-electron chi connectivity index (χ3n) is 3.92. The zero-order valence-corrected chi connectivity index (χ0v) is 12.6. The molecule has 1 heterocycles. The summed E-state index contributed by atoms with van der Waals surface area (Å²) in [4.78, 5) is 22.1. The fourth-order valence-corrected chi connectivity index (χ4v) is 2.52. The first-order valence-electron chi connectivity index (χ1n) is 7.61. The van der Waals surface area contributed by atoms with E-state index in [2.05, 4.69) is 28.7 Å². The number of H-pyrrole nitrogens is 1. The van der Waals surface area contributed by atoms with Gasteiger partial charge in [0.25, 0.3) is 5.56 Å². The van der Waals surface area contributed by atoms with Crippen molar-refractivity contribution in [2.75, 3.05) is 17.2 Å². The molecule has 112 valence electrons. The fourth-order valence-electron chi connectivity index (χ4n) is 2.52. The van der Waals surface area contributed by atoms with Crippen molar-refractivity contribution in [1.29, 1.82) is 0 Å². The SMILES string of the molecule is CC(C)CCN(c1nc2ccc(N)cc2c(=O)[nH]1)C1CC1. The molecule has 0 unspecified atom stereocenters. The van der Waals surface area contributed by atoms with E-state index in [0.717, 1.165) is 13.0 Å². The number of hydrogen-bond acceptors (Lipinski definition) is 4. The van der Waals surface area contributed by atoms with Gasteiger partial charge in [-0.2, -0.15) is 0 Å². The van der Waals surface area contributed by atoms with Crippen molar-refractivity contribution in [3.8, 4) is 0 Å². The number of anilines is 2. The van der Waals surface area contributed by atoms with Crippen molar-refractivity contribution in [3.63, 3.8) is 0 Å². The van der Waals surface area contributed by atoms with Crippen LogP contribution < -0.4 is 16.2 Å². The van der Waals surface area contributed by atoms with E-state index in [1.165, 1.54) is 12.8 Å². The lowest BCUT2D eigenvalue weighted by Gasteiger charge is -2.24. The van der Waals surface area contributed by atoms with Crippen LogP contribution in [-0.4, -0.2) is 22.6 Å². The van der Waals surface area contributed by atoms with Crippen LogP contribution in [-0.2, 0) is 0 Å². The molecule has 0 radical (unpaired) electrons. The highest BCUT2D eigenvalue weighted by atomic mass is 16.1. The maximum absolute atomic E-state index is 12.3. The maximum Gasteiger partial charge on any atom is 0.260 e. The number of benzene rings is 1. The predicted octanol–water partition coefficient (Wildman–Crippen LogP) is 2.52. The molecule has 1 aromatic heterocycles. The molecule has 1 saturated carbocycles. The van der Waals surface area contributed by atoms with Crippen LogP contribution >= 0.6 is 0 Å². The summed E-state index contributed by atoms with van der Waals surface area (Å²) < 4.78 is 0. The molecule has 0 spiro atoms. The summed E-state index contributed by atoms with van der Waals surface area (Å²) in [6.45, 7) is 5.36. The van der Waals surface area contributed by atoms with E-state index >= 15 is 0 Å². The van der Waals surface area contributed by atoms with Crippen molar-refractivity contribution in [2.24, 2.45) is 5.92 Å². The summed E-state index contributed by atoms with van der Waals surface area (Å²) in [5.74, 6) is 1.33. The van der Waals surface area contributed by atoms with Crippen LogP contribution in [0, 0.1) is 5.92 Å². The molecule has 0 bridgehead atoms. The van der Waals surface area contributed by atoms with E-state index < -0.39 is 0 Å². The molecule has 21 heavy (non-hydrogen) atoms. The Labute approximate surface area is 124 Å². The summed E-state index contributed by atoms with van der Waals surface area (Å²) >= 11 is 0. The van der Waals surface area contributed by atoms with E-state index in [1.54, 1.807) is 12.1 Å². The van der Waals surface area contributed by atoms with Gasteiger partial charge in [0.1, 0.15) is 0 Å². The number of fused-ring (bicyclic) bond motifs is 1. The highest BCUT2D eigenvalue weighted by molar-refractivity contribution is 5.81. The van der Waals surface area contributed by atoms with E-state index in [4.69, 9.17) is 5.73 Å². The molecule has 0 atom stereocenters. The van der Waals surface area contributed by atoms with Crippen LogP contribution in [0.25, 0.3) is 10.9 Å². The van der Waals surface area contributed by atoms with Crippen molar-refractivity contribution in [3.05, 3.63) is 28.6 Å². The molecule has 1 aliphatic rings. The quantitative estimate of drug-likeness (QED) is 0.828. The van der Waals surface area contributed by atoms with Gasteiger partial charge in [0.05, 0.1) is 10.9 Å². The summed E-state index contributed by atoms with van der Waals surface area (Å²) in [6.07, 6.45) is 3.46. The molecule has 1 aromatic carbocycles. The number of nitrogen functional groups attached to an aromatic ring is 1. The minimum Gasteiger partial charge on any atom is -0.399 e. The number of aromatic amines is 1. The molecular formula is C16H22N4O. The topological polar surface area (TPSA) is 75.0 Å². The first-order valence-corrected chi connectivity index (χ1v) is 7.61. The number of hydrogen-bond donors (Lipinski definition) is 2. The second-order valence-corrected chi connectivity index (χ2v) is 6.27.